The average Bonchev–Trinajstić information content (AvgIpc) is 2.80. The molecule has 1 aromatic carbocycles. The van der Waals surface area contributed by atoms with Crippen LogP contribution in [0.3, 0.4) is 0 Å². The lowest BCUT2D eigenvalue weighted by molar-refractivity contribution is 0.150. The number of halogens is 2. The van der Waals surface area contributed by atoms with Crippen LogP contribution >= 0.6 is 0 Å². The average molecular weight is 198 g/mol. The Labute approximate surface area is 81.4 Å². The normalized spacial score (nSPS) is 18.3. The lowest BCUT2D eigenvalue weighted by Crippen LogP contribution is -2.12. The molecule has 0 atom stereocenters. The largest absolute Gasteiger partial charge is 0.390 e. The van der Waals surface area contributed by atoms with Gasteiger partial charge in [0, 0.05) is 6.42 Å². The molecule has 0 saturated heterocycles. The van der Waals surface area contributed by atoms with Crippen molar-refractivity contribution in [3.05, 3.63) is 34.9 Å². The Morgan fingerprint density at radius 3 is 2.43 bits per heavy atom. The molecule has 0 bridgehead atoms. The van der Waals surface area contributed by atoms with Crippen molar-refractivity contribution in [3.63, 3.8) is 0 Å². The highest BCUT2D eigenvalue weighted by atomic mass is 19.2. The molecule has 1 saturated carbocycles. The zero-order chi connectivity index (χ0) is 10.3. The van der Waals surface area contributed by atoms with E-state index >= 15 is 0 Å². The second-order valence-corrected chi connectivity index (χ2v) is 4.09. The van der Waals surface area contributed by atoms with E-state index in [1.807, 2.05) is 0 Å². The number of rotatable bonds is 2. The van der Waals surface area contributed by atoms with Crippen molar-refractivity contribution < 1.29 is 13.9 Å². The van der Waals surface area contributed by atoms with Gasteiger partial charge in [-0.1, -0.05) is 0 Å². The molecule has 0 radical (unpaired) electrons. The van der Waals surface area contributed by atoms with Crippen LogP contribution in [0, 0.1) is 18.6 Å². The summed E-state index contributed by atoms with van der Waals surface area (Å²) in [6.45, 7) is 1.73. The van der Waals surface area contributed by atoms with Crippen LogP contribution in [0.2, 0.25) is 0 Å². The topological polar surface area (TPSA) is 20.2 Å². The quantitative estimate of drug-likeness (QED) is 0.773. The van der Waals surface area contributed by atoms with Crippen LogP contribution in [0.15, 0.2) is 12.1 Å². The highest BCUT2D eigenvalue weighted by Gasteiger charge is 2.40. The molecule has 1 N–H and O–H groups in total. The van der Waals surface area contributed by atoms with Crippen molar-refractivity contribution in [3.8, 4) is 0 Å². The van der Waals surface area contributed by atoms with E-state index in [9.17, 15) is 13.9 Å². The molecule has 1 aliphatic carbocycles. The van der Waals surface area contributed by atoms with Crippen LogP contribution in [-0.4, -0.2) is 10.7 Å². The zero-order valence-electron chi connectivity index (χ0n) is 7.98. The molecular formula is C11H12F2O. The molecule has 1 aliphatic rings. The highest BCUT2D eigenvalue weighted by molar-refractivity contribution is 5.30. The highest BCUT2D eigenvalue weighted by Crippen LogP contribution is 2.38. The van der Waals surface area contributed by atoms with E-state index in [0.717, 1.165) is 12.8 Å². The van der Waals surface area contributed by atoms with Crippen LogP contribution in [0.4, 0.5) is 8.78 Å². The summed E-state index contributed by atoms with van der Waals surface area (Å²) in [4.78, 5) is 0. The zero-order valence-corrected chi connectivity index (χ0v) is 7.98. The van der Waals surface area contributed by atoms with Crippen molar-refractivity contribution in [2.24, 2.45) is 0 Å². The van der Waals surface area contributed by atoms with E-state index in [0.29, 0.717) is 17.5 Å². The molecule has 0 amide bonds. The van der Waals surface area contributed by atoms with Crippen LogP contribution in [-0.2, 0) is 6.42 Å². The van der Waals surface area contributed by atoms with Gasteiger partial charge in [0.2, 0.25) is 0 Å². The Bertz CT molecular complexity index is 370. The maximum Gasteiger partial charge on any atom is 0.159 e. The third-order valence-electron chi connectivity index (χ3n) is 2.73. The standard InChI is InChI=1S/C11H12F2O/c1-7-4-9(12)10(13)5-8(7)6-11(14)2-3-11/h4-5,14H,2-3,6H2,1H3. The van der Waals surface area contributed by atoms with Gasteiger partial charge in [0.1, 0.15) is 0 Å². The fourth-order valence-corrected chi connectivity index (χ4v) is 1.55. The van der Waals surface area contributed by atoms with Crippen molar-refractivity contribution in [2.75, 3.05) is 0 Å². The lowest BCUT2D eigenvalue weighted by Gasteiger charge is -2.10. The Balaban J connectivity index is 2.29. The molecule has 1 nitrogen and oxygen atoms in total. The first-order chi connectivity index (χ1) is 6.50. The minimum atomic E-state index is -0.838. The Morgan fingerprint density at radius 1 is 1.29 bits per heavy atom. The van der Waals surface area contributed by atoms with Crippen molar-refractivity contribution in [2.45, 2.75) is 31.8 Å². The van der Waals surface area contributed by atoms with E-state index in [2.05, 4.69) is 0 Å². The van der Waals surface area contributed by atoms with Gasteiger partial charge < -0.3 is 5.11 Å². The molecule has 14 heavy (non-hydrogen) atoms. The second-order valence-electron chi connectivity index (χ2n) is 4.09. The maximum atomic E-state index is 12.9. The minimum absolute atomic E-state index is 0.427. The predicted octanol–water partition coefficient (Wildman–Crippen LogP) is 2.34. The molecule has 1 fully saturated rings. The monoisotopic (exact) mass is 198 g/mol. The first kappa shape index (κ1) is 9.59. The van der Waals surface area contributed by atoms with Gasteiger partial charge in [-0.2, -0.15) is 0 Å². The summed E-state index contributed by atoms with van der Waals surface area (Å²) in [6, 6.07) is 2.36. The summed E-state index contributed by atoms with van der Waals surface area (Å²) in [5, 5.41) is 9.65. The number of aliphatic hydroxyl groups is 1. The minimum Gasteiger partial charge on any atom is -0.390 e. The molecule has 0 spiro atoms. The van der Waals surface area contributed by atoms with Gasteiger partial charge in [-0.3, -0.25) is 0 Å². The Hall–Kier alpha value is -0.960. The number of benzene rings is 1. The second kappa shape index (κ2) is 3.02. The summed E-state index contributed by atoms with van der Waals surface area (Å²) >= 11 is 0. The van der Waals surface area contributed by atoms with Crippen LogP contribution < -0.4 is 0 Å². The Morgan fingerprint density at radius 2 is 1.86 bits per heavy atom. The molecule has 1 aromatic rings. The predicted molar refractivity (Wildman–Crippen MR) is 49.0 cm³/mol. The first-order valence-electron chi connectivity index (χ1n) is 4.67. The van der Waals surface area contributed by atoms with Crippen molar-refractivity contribution in [1.82, 2.24) is 0 Å². The third-order valence-corrected chi connectivity index (χ3v) is 2.73. The van der Waals surface area contributed by atoms with Gasteiger partial charge in [-0.25, -0.2) is 8.78 Å². The molecule has 0 unspecified atom stereocenters. The molecule has 2 rings (SSSR count). The number of aryl methyl sites for hydroxylation is 1. The van der Waals surface area contributed by atoms with Gasteiger partial charge in [0.05, 0.1) is 5.60 Å². The molecule has 0 aliphatic heterocycles. The fourth-order valence-electron chi connectivity index (χ4n) is 1.55. The summed E-state index contributed by atoms with van der Waals surface area (Å²) in [7, 11) is 0. The number of hydrogen-bond acceptors (Lipinski definition) is 1. The van der Waals surface area contributed by atoms with Gasteiger partial charge >= 0.3 is 0 Å². The van der Waals surface area contributed by atoms with E-state index < -0.39 is 17.2 Å². The van der Waals surface area contributed by atoms with Crippen LogP contribution in [0.5, 0.6) is 0 Å². The third kappa shape index (κ3) is 1.77. The lowest BCUT2D eigenvalue weighted by atomic mass is 10.0. The summed E-state index contributed by atoms with van der Waals surface area (Å²) in [5.41, 5.74) is 0.739. The first-order valence-corrected chi connectivity index (χ1v) is 4.67. The van der Waals surface area contributed by atoms with E-state index in [-0.39, 0.29) is 0 Å². The van der Waals surface area contributed by atoms with Gasteiger partial charge in [0.25, 0.3) is 0 Å². The summed E-state index contributed by atoms with van der Waals surface area (Å²) in [6.07, 6.45) is 1.94. The molecular weight excluding hydrogens is 186 g/mol. The molecule has 0 heterocycles. The summed E-state index contributed by atoms with van der Waals surface area (Å²) < 4.78 is 25.7. The van der Waals surface area contributed by atoms with Gasteiger partial charge in [-0.05, 0) is 43.0 Å². The van der Waals surface area contributed by atoms with Crippen LogP contribution in [0.25, 0.3) is 0 Å². The SMILES string of the molecule is Cc1cc(F)c(F)cc1CC1(O)CC1. The fraction of sp³-hybridized carbons (Fsp3) is 0.455. The molecule has 0 aromatic heterocycles. The van der Waals surface area contributed by atoms with Gasteiger partial charge in [0.15, 0.2) is 11.6 Å². The maximum absolute atomic E-state index is 12.9. The van der Waals surface area contributed by atoms with Gasteiger partial charge in [-0.15, -0.1) is 0 Å². The van der Waals surface area contributed by atoms with Crippen molar-refractivity contribution in [1.29, 1.82) is 0 Å². The molecule has 76 valence electrons. The van der Waals surface area contributed by atoms with E-state index in [1.54, 1.807) is 6.92 Å². The molecule has 3 heteroatoms. The number of hydrogen-bond donors (Lipinski definition) is 1. The van der Waals surface area contributed by atoms with Crippen molar-refractivity contribution >= 4 is 0 Å². The van der Waals surface area contributed by atoms with Crippen LogP contribution in [0.1, 0.15) is 24.0 Å². The summed E-state index contributed by atoms with van der Waals surface area (Å²) in [5.74, 6) is -1.66. The van der Waals surface area contributed by atoms with E-state index in [4.69, 9.17) is 0 Å². The Kier molecular flexibility index (Phi) is 2.07. The smallest absolute Gasteiger partial charge is 0.159 e. The van der Waals surface area contributed by atoms with E-state index in [1.165, 1.54) is 12.1 Å².